The highest BCUT2D eigenvalue weighted by Gasteiger charge is 2.02. The van der Waals surface area contributed by atoms with Crippen molar-refractivity contribution in [3.05, 3.63) is 29.8 Å². The van der Waals surface area contributed by atoms with Crippen LogP contribution in [0.15, 0.2) is 24.3 Å². The summed E-state index contributed by atoms with van der Waals surface area (Å²) in [4.78, 5) is 10.9. The highest BCUT2D eigenvalue weighted by atomic mass is 16.6. The van der Waals surface area contributed by atoms with Crippen LogP contribution in [0.4, 0.5) is 0 Å². The van der Waals surface area contributed by atoms with Crippen LogP contribution in [0.2, 0.25) is 0 Å². The Kier molecular flexibility index (Phi) is 5.49. The summed E-state index contributed by atoms with van der Waals surface area (Å²) in [6.45, 7) is 4.50. The minimum Gasteiger partial charge on any atom is -0.482 e. The number of methoxy groups -OCH3 is 1. The predicted molar refractivity (Wildman–Crippen MR) is 63.9 cm³/mol. The lowest BCUT2D eigenvalue weighted by atomic mass is 10.2. The second kappa shape index (κ2) is 6.91. The number of esters is 1. The van der Waals surface area contributed by atoms with Gasteiger partial charge in [-0.3, -0.25) is 0 Å². The van der Waals surface area contributed by atoms with E-state index in [9.17, 15) is 4.79 Å². The number of ether oxygens (including phenoxy) is 3. The predicted octanol–water partition coefficient (Wildman–Crippen LogP) is 2.16. The molecular weight excluding hydrogens is 220 g/mol. The molecule has 0 radical (unpaired) electrons. The van der Waals surface area contributed by atoms with Crippen LogP contribution < -0.4 is 4.74 Å². The van der Waals surface area contributed by atoms with Gasteiger partial charge >= 0.3 is 5.97 Å². The Morgan fingerprint density at radius 3 is 2.41 bits per heavy atom. The van der Waals surface area contributed by atoms with E-state index in [0.29, 0.717) is 12.4 Å². The van der Waals surface area contributed by atoms with Crippen LogP contribution in [0.25, 0.3) is 0 Å². The molecule has 0 unspecified atom stereocenters. The van der Waals surface area contributed by atoms with Crippen LogP contribution in [0.5, 0.6) is 5.75 Å². The van der Waals surface area contributed by atoms with Gasteiger partial charge in [0.05, 0.1) is 19.8 Å². The van der Waals surface area contributed by atoms with Gasteiger partial charge in [0.15, 0.2) is 6.61 Å². The van der Waals surface area contributed by atoms with Crippen molar-refractivity contribution in [3.63, 3.8) is 0 Å². The quantitative estimate of drug-likeness (QED) is 0.712. The van der Waals surface area contributed by atoms with Crippen LogP contribution in [-0.4, -0.2) is 25.8 Å². The van der Waals surface area contributed by atoms with Crippen LogP contribution in [0.1, 0.15) is 19.4 Å². The molecule has 0 aliphatic carbocycles. The van der Waals surface area contributed by atoms with Gasteiger partial charge < -0.3 is 14.2 Å². The van der Waals surface area contributed by atoms with E-state index in [4.69, 9.17) is 9.47 Å². The summed E-state index contributed by atoms with van der Waals surface area (Å²) in [6.07, 6.45) is 0.213. The summed E-state index contributed by atoms with van der Waals surface area (Å²) in [6, 6.07) is 7.44. The summed E-state index contributed by atoms with van der Waals surface area (Å²) in [5, 5.41) is 0. The maximum absolute atomic E-state index is 10.9. The third kappa shape index (κ3) is 5.36. The second-order valence-electron chi connectivity index (χ2n) is 3.87. The second-order valence-corrected chi connectivity index (χ2v) is 3.87. The summed E-state index contributed by atoms with van der Waals surface area (Å²) in [5.74, 6) is 0.251. The van der Waals surface area contributed by atoms with E-state index < -0.39 is 5.97 Å². The summed E-state index contributed by atoms with van der Waals surface area (Å²) >= 11 is 0. The van der Waals surface area contributed by atoms with Gasteiger partial charge in [0.2, 0.25) is 0 Å². The zero-order valence-corrected chi connectivity index (χ0v) is 10.4. The zero-order chi connectivity index (χ0) is 12.7. The van der Waals surface area contributed by atoms with Crippen molar-refractivity contribution in [1.82, 2.24) is 0 Å². The largest absolute Gasteiger partial charge is 0.482 e. The Morgan fingerprint density at radius 2 is 1.88 bits per heavy atom. The molecule has 0 bridgehead atoms. The normalized spacial score (nSPS) is 10.4. The SMILES string of the molecule is COC(=O)COc1ccc(COC(C)C)cc1. The Hall–Kier alpha value is -1.55. The first kappa shape index (κ1) is 13.5. The van der Waals surface area contributed by atoms with E-state index >= 15 is 0 Å². The molecule has 0 spiro atoms. The van der Waals surface area contributed by atoms with Crippen molar-refractivity contribution >= 4 is 5.97 Å². The number of rotatable bonds is 6. The average Bonchev–Trinajstić information content (AvgIpc) is 2.34. The molecule has 17 heavy (non-hydrogen) atoms. The first-order valence-corrected chi connectivity index (χ1v) is 5.52. The van der Waals surface area contributed by atoms with E-state index in [0.717, 1.165) is 5.56 Å². The third-order valence-corrected chi connectivity index (χ3v) is 2.09. The van der Waals surface area contributed by atoms with Crippen LogP contribution in [-0.2, 0) is 20.9 Å². The fraction of sp³-hybridized carbons (Fsp3) is 0.462. The lowest BCUT2D eigenvalue weighted by Crippen LogP contribution is -2.12. The van der Waals surface area contributed by atoms with Crippen molar-refractivity contribution in [2.75, 3.05) is 13.7 Å². The Balaban J connectivity index is 2.42. The van der Waals surface area contributed by atoms with Crippen LogP contribution >= 0.6 is 0 Å². The molecule has 4 heteroatoms. The lowest BCUT2D eigenvalue weighted by molar-refractivity contribution is -0.142. The fourth-order valence-electron chi connectivity index (χ4n) is 1.15. The fourth-order valence-corrected chi connectivity index (χ4v) is 1.15. The maximum Gasteiger partial charge on any atom is 0.343 e. The minimum absolute atomic E-state index is 0.0711. The Labute approximate surface area is 101 Å². The first-order chi connectivity index (χ1) is 8.11. The number of carbonyl (C=O) groups is 1. The molecule has 0 aromatic heterocycles. The minimum atomic E-state index is -0.391. The smallest absolute Gasteiger partial charge is 0.343 e. The maximum atomic E-state index is 10.9. The van der Waals surface area contributed by atoms with Gasteiger partial charge in [0.1, 0.15) is 5.75 Å². The van der Waals surface area contributed by atoms with Crippen molar-refractivity contribution in [2.24, 2.45) is 0 Å². The molecule has 4 nitrogen and oxygen atoms in total. The van der Waals surface area contributed by atoms with Gasteiger partial charge in [-0.05, 0) is 31.5 Å². The molecule has 0 fully saturated rings. The topological polar surface area (TPSA) is 44.8 Å². The van der Waals surface area contributed by atoms with Gasteiger partial charge in [-0.15, -0.1) is 0 Å². The summed E-state index contributed by atoms with van der Waals surface area (Å²) in [5.41, 5.74) is 1.07. The van der Waals surface area contributed by atoms with Crippen molar-refractivity contribution in [2.45, 2.75) is 26.6 Å². The number of hydrogen-bond donors (Lipinski definition) is 0. The van der Waals surface area contributed by atoms with Gasteiger partial charge in [-0.1, -0.05) is 12.1 Å². The Bertz CT molecular complexity index is 343. The molecule has 0 amide bonds. The Morgan fingerprint density at radius 1 is 1.24 bits per heavy atom. The molecule has 1 aromatic carbocycles. The van der Waals surface area contributed by atoms with Gasteiger partial charge in [-0.25, -0.2) is 4.79 Å². The summed E-state index contributed by atoms with van der Waals surface area (Å²) < 4.78 is 15.2. The standard InChI is InChI=1S/C13H18O4/c1-10(2)16-8-11-4-6-12(7-5-11)17-9-13(14)15-3/h4-7,10H,8-9H2,1-3H3. The van der Waals surface area contributed by atoms with Crippen molar-refractivity contribution < 1.29 is 19.0 Å². The number of hydrogen-bond acceptors (Lipinski definition) is 4. The third-order valence-electron chi connectivity index (χ3n) is 2.09. The number of carbonyl (C=O) groups excluding carboxylic acids is 1. The van der Waals surface area contributed by atoms with Crippen LogP contribution in [0.3, 0.4) is 0 Å². The molecule has 0 saturated carbocycles. The first-order valence-electron chi connectivity index (χ1n) is 5.52. The summed E-state index contributed by atoms with van der Waals surface area (Å²) in [7, 11) is 1.33. The molecule has 1 rings (SSSR count). The molecule has 0 heterocycles. The number of benzene rings is 1. The average molecular weight is 238 g/mol. The zero-order valence-electron chi connectivity index (χ0n) is 10.4. The van der Waals surface area contributed by atoms with Gasteiger partial charge in [0, 0.05) is 0 Å². The van der Waals surface area contributed by atoms with Crippen molar-refractivity contribution in [3.8, 4) is 5.75 Å². The highest BCUT2D eigenvalue weighted by molar-refractivity contribution is 5.70. The van der Waals surface area contributed by atoms with Gasteiger partial charge in [-0.2, -0.15) is 0 Å². The molecular formula is C13H18O4. The van der Waals surface area contributed by atoms with E-state index in [1.54, 1.807) is 0 Å². The van der Waals surface area contributed by atoms with E-state index in [1.165, 1.54) is 7.11 Å². The van der Waals surface area contributed by atoms with E-state index in [2.05, 4.69) is 4.74 Å². The molecule has 94 valence electrons. The molecule has 0 aliphatic rings. The molecule has 1 aromatic rings. The monoisotopic (exact) mass is 238 g/mol. The molecule has 0 aliphatic heterocycles. The van der Waals surface area contributed by atoms with Crippen molar-refractivity contribution in [1.29, 1.82) is 0 Å². The van der Waals surface area contributed by atoms with E-state index in [-0.39, 0.29) is 12.7 Å². The van der Waals surface area contributed by atoms with E-state index in [1.807, 2.05) is 38.1 Å². The molecule has 0 saturated heterocycles. The molecule has 0 N–H and O–H groups in total. The van der Waals surface area contributed by atoms with Crippen LogP contribution in [0, 0.1) is 0 Å². The van der Waals surface area contributed by atoms with Gasteiger partial charge in [0.25, 0.3) is 0 Å². The molecule has 0 atom stereocenters. The highest BCUT2D eigenvalue weighted by Crippen LogP contribution is 2.13. The lowest BCUT2D eigenvalue weighted by Gasteiger charge is -2.08.